The summed E-state index contributed by atoms with van der Waals surface area (Å²) in [5, 5.41) is 0.806. The first-order valence-corrected chi connectivity index (χ1v) is 7.25. The van der Waals surface area contributed by atoms with Gasteiger partial charge in [0.05, 0.1) is 6.04 Å². The van der Waals surface area contributed by atoms with Gasteiger partial charge in [-0.05, 0) is 43.6 Å². The lowest BCUT2D eigenvalue weighted by atomic mass is 9.91. The Kier molecular flexibility index (Phi) is 4.47. The molecule has 1 aromatic rings. The van der Waals surface area contributed by atoms with E-state index in [1.165, 1.54) is 6.42 Å². The number of halogens is 2. The molecule has 0 bridgehead atoms. The summed E-state index contributed by atoms with van der Waals surface area (Å²) < 4.78 is 1.01. The van der Waals surface area contributed by atoms with Crippen LogP contribution in [0.4, 0.5) is 0 Å². The molecule has 2 nitrogen and oxygen atoms in total. The molecule has 4 heteroatoms. The monoisotopic (exact) mass is 316 g/mol. The van der Waals surface area contributed by atoms with Gasteiger partial charge in [0.1, 0.15) is 0 Å². The fourth-order valence-electron chi connectivity index (χ4n) is 2.62. The highest BCUT2D eigenvalue weighted by atomic mass is 79.9. The molecule has 2 atom stereocenters. The Morgan fingerprint density at radius 1 is 1.53 bits per heavy atom. The molecule has 0 aliphatic carbocycles. The minimum Gasteiger partial charge on any atom is -0.326 e. The van der Waals surface area contributed by atoms with Crippen LogP contribution in [0, 0.1) is 0 Å². The van der Waals surface area contributed by atoms with Crippen molar-refractivity contribution >= 4 is 27.5 Å². The highest BCUT2D eigenvalue weighted by molar-refractivity contribution is 9.10. The van der Waals surface area contributed by atoms with Gasteiger partial charge >= 0.3 is 0 Å². The number of hydrogen-bond acceptors (Lipinski definition) is 2. The van der Waals surface area contributed by atoms with Crippen LogP contribution in [-0.4, -0.2) is 24.0 Å². The van der Waals surface area contributed by atoms with E-state index in [0.29, 0.717) is 0 Å². The molecule has 17 heavy (non-hydrogen) atoms. The van der Waals surface area contributed by atoms with Crippen LogP contribution in [0.5, 0.6) is 0 Å². The van der Waals surface area contributed by atoms with E-state index < -0.39 is 0 Å². The predicted molar refractivity (Wildman–Crippen MR) is 76.3 cm³/mol. The highest BCUT2D eigenvalue weighted by Gasteiger charge is 2.30. The third kappa shape index (κ3) is 2.84. The van der Waals surface area contributed by atoms with E-state index in [1.807, 2.05) is 12.1 Å². The van der Waals surface area contributed by atoms with Gasteiger partial charge in [-0.2, -0.15) is 0 Å². The summed E-state index contributed by atoms with van der Waals surface area (Å²) >= 11 is 9.78. The summed E-state index contributed by atoms with van der Waals surface area (Å²) in [6.07, 6.45) is 2.26. The van der Waals surface area contributed by atoms with Gasteiger partial charge in [-0.3, -0.25) is 4.90 Å². The van der Waals surface area contributed by atoms with E-state index in [9.17, 15) is 0 Å². The first-order valence-electron chi connectivity index (χ1n) is 6.08. The molecule has 1 aliphatic heterocycles. The summed E-state index contributed by atoms with van der Waals surface area (Å²) in [4.78, 5) is 2.42. The second kappa shape index (κ2) is 5.70. The molecule has 0 saturated carbocycles. The number of nitrogens with two attached hydrogens (primary N) is 1. The van der Waals surface area contributed by atoms with Gasteiger partial charge in [0.15, 0.2) is 0 Å². The van der Waals surface area contributed by atoms with Crippen molar-refractivity contribution in [2.45, 2.75) is 31.8 Å². The molecule has 1 fully saturated rings. The highest BCUT2D eigenvalue weighted by Crippen LogP contribution is 2.35. The molecule has 0 radical (unpaired) electrons. The summed E-state index contributed by atoms with van der Waals surface area (Å²) in [6, 6.07) is 6.52. The first kappa shape index (κ1) is 13.3. The second-order valence-corrected chi connectivity index (χ2v) is 5.87. The van der Waals surface area contributed by atoms with E-state index >= 15 is 0 Å². The van der Waals surface area contributed by atoms with E-state index in [4.69, 9.17) is 17.3 Å². The fourth-order valence-corrected chi connectivity index (χ4v) is 3.41. The minimum absolute atomic E-state index is 0.183. The largest absolute Gasteiger partial charge is 0.326 e. The molecule has 2 N–H and O–H groups in total. The lowest BCUT2D eigenvalue weighted by molar-refractivity contribution is 0.136. The molecule has 94 valence electrons. The van der Waals surface area contributed by atoms with E-state index in [0.717, 1.165) is 34.6 Å². The van der Waals surface area contributed by atoms with Gasteiger partial charge in [0, 0.05) is 15.5 Å². The zero-order valence-electron chi connectivity index (χ0n) is 10.00. The van der Waals surface area contributed by atoms with Crippen molar-refractivity contribution in [3.8, 4) is 0 Å². The molecular weight excluding hydrogens is 300 g/mol. The van der Waals surface area contributed by atoms with Crippen molar-refractivity contribution < 1.29 is 0 Å². The van der Waals surface area contributed by atoms with Crippen LogP contribution < -0.4 is 5.73 Å². The van der Waals surface area contributed by atoms with Crippen LogP contribution in [0.2, 0.25) is 5.02 Å². The smallest absolute Gasteiger partial charge is 0.0513 e. The van der Waals surface area contributed by atoms with E-state index in [2.05, 4.69) is 33.8 Å². The average molecular weight is 318 g/mol. The number of rotatable bonds is 2. The Morgan fingerprint density at radius 3 is 2.94 bits per heavy atom. The molecule has 1 aliphatic rings. The van der Waals surface area contributed by atoms with Gasteiger partial charge < -0.3 is 5.73 Å². The van der Waals surface area contributed by atoms with Crippen LogP contribution in [0.25, 0.3) is 0 Å². The zero-order valence-corrected chi connectivity index (χ0v) is 12.3. The molecular formula is C13H18BrClN2. The average Bonchev–Trinajstić information content (AvgIpc) is 2.30. The van der Waals surface area contributed by atoms with Crippen molar-refractivity contribution in [3.05, 3.63) is 33.3 Å². The van der Waals surface area contributed by atoms with Gasteiger partial charge in [-0.1, -0.05) is 40.5 Å². The van der Waals surface area contributed by atoms with Crippen LogP contribution in [0.1, 0.15) is 31.4 Å². The zero-order chi connectivity index (χ0) is 12.4. The van der Waals surface area contributed by atoms with Crippen LogP contribution in [-0.2, 0) is 0 Å². The Bertz CT molecular complexity index is 397. The minimum atomic E-state index is 0.183. The third-order valence-corrected chi connectivity index (χ3v) is 4.29. The number of likely N-dealkylation sites (tertiary alicyclic amines) is 1. The summed E-state index contributed by atoms with van der Waals surface area (Å²) in [5.74, 6) is 0. The van der Waals surface area contributed by atoms with Crippen molar-refractivity contribution in [1.82, 2.24) is 4.90 Å². The molecule has 0 amide bonds. The molecule has 0 spiro atoms. The first-order chi connectivity index (χ1) is 8.13. The normalized spacial score (nSPS) is 26.1. The number of piperidine rings is 1. The number of hydrogen-bond donors (Lipinski definition) is 1. The molecule has 0 aromatic heterocycles. The Hall–Kier alpha value is -0.0900. The summed E-state index contributed by atoms with van der Waals surface area (Å²) in [6.45, 7) is 4.31. The van der Waals surface area contributed by atoms with Crippen molar-refractivity contribution in [3.63, 3.8) is 0 Å². The molecule has 1 saturated heterocycles. The Labute approximate surface area is 116 Å². The predicted octanol–water partition coefficient (Wildman–Crippen LogP) is 3.59. The molecule has 2 unspecified atom stereocenters. The van der Waals surface area contributed by atoms with Crippen molar-refractivity contribution in [2.24, 2.45) is 5.73 Å². The fraction of sp³-hybridized carbons (Fsp3) is 0.538. The van der Waals surface area contributed by atoms with Gasteiger partial charge in [0.25, 0.3) is 0 Å². The molecule has 2 rings (SSSR count). The molecule has 1 aromatic carbocycles. The van der Waals surface area contributed by atoms with Crippen LogP contribution >= 0.6 is 27.5 Å². The number of likely N-dealkylation sites (N-methyl/N-ethyl adjacent to an activating group) is 1. The van der Waals surface area contributed by atoms with Gasteiger partial charge in [0.2, 0.25) is 0 Å². The van der Waals surface area contributed by atoms with E-state index in [1.54, 1.807) is 0 Å². The third-order valence-electron chi connectivity index (χ3n) is 3.47. The lowest BCUT2D eigenvalue weighted by Crippen LogP contribution is -2.45. The topological polar surface area (TPSA) is 29.3 Å². The standard InChI is InChI=1S/C13H18BrClN2/c1-2-17-7-3-4-12(16)13(17)10-6-5-9(14)8-11(10)15/h5-6,8,12-13H,2-4,7,16H2,1H3. The van der Waals surface area contributed by atoms with Gasteiger partial charge in [-0.25, -0.2) is 0 Å². The Morgan fingerprint density at radius 2 is 2.29 bits per heavy atom. The Balaban J connectivity index is 2.34. The van der Waals surface area contributed by atoms with E-state index in [-0.39, 0.29) is 12.1 Å². The maximum absolute atomic E-state index is 6.34. The number of benzene rings is 1. The quantitative estimate of drug-likeness (QED) is 0.903. The summed E-state index contributed by atoms with van der Waals surface area (Å²) in [5.41, 5.74) is 7.43. The van der Waals surface area contributed by atoms with Gasteiger partial charge in [-0.15, -0.1) is 0 Å². The molecule has 1 heterocycles. The maximum atomic E-state index is 6.34. The van der Waals surface area contributed by atoms with Crippen LogP contribution in [0.3, 0.4) is 0 Å². The van der Waals surface area contributed by atoms with Crippen molar-refractivity contribution in [2.75, 3.05) is 13.1 Å². The lowest BCUT2D eigenvalue weighted by Gasteiger charge is -2.39. The summed E-state index contributed by atoms with van der Waals surface area (Å²) in [7, 11) is 0. The van der Waals surface area contributed by atoms with Crippen LogP contribution in [0.15, 0.2) is 22.7 Å². The maximum Gasteiger partial charge on any atom is 0.0513 e. The van der Waals surface area contributed by atoms with Crippen molar-refractivity contribution in [1.29, 1.82) is 0 Å². The number of nitrogens with zero attached hydrogens (tertiary/aromatic N) is 1. The SMILES string of the molecule is CCN1CCCC(N)C1c1ccc(Br)cc1Cl. The second-order valence-electron chi connectivity index (χ2n) is 4.55.